The Morgan fingerprint density at radius 2 is 2.11 bits per heavy atom. The first-order chi connectivity index (χ1) is 8.31. The lowest BCUT2D eigenvalue weighted by molar-refractivity contribution is -0.148. The Morgan fingerprint density at radius 1 is 1.50 bits per heavy atom. The molecule has 7 heteroatoms. The summed E-state index contributed by atoms with van der Waals surface area (Å²) >= 11 is 0. The van der Waals surface area contributed by atoms with Crippen molar-refractivity contribution in [1.29, 1.82) is 0 Å². The molecule has 0 aromatic carbocycles. The van der Waals surface area contributed by atoms with Gasteiger partial charge in [0, 0.05) is 5.69 Å². The van der Waals surface area contributed by atoms with E-state index in [9.17, 15) is 18.0 Å². The molecule has 0 aliphatic heterocycles. The molecule has 1 aromatic rings. The van der Waals surface area contributed by atoms with Gasteiger partial charge in [-0.2, -0.15) is 18.3 Å². The standard InChI is InChI=1S/C11H15F3N2O2/c1-4-8-6-9(11(12,13)14)15-16(8)7(3)10(17)18-5-2/h6-7H,4-5H2,1-3H3/t7-/m0/s1. The summed E-state index contributed by atoms with van der Waals surface area (Å²) in [5, 5.41) is 3.45. The van der Waals surface area contributed by atoms with Crippen LogP contribution in [0.4, 0.5) is 13.2 Å². The number of halogens is 3. The van der Waals surface area contributed by atoms with E-state index in [-0.39, 0.29) is 6.61 Å². The molecule has 0 saturated heterocycles. The zero-order chi connectivity index (χ0) is 13.9. The highest BCUT2D eigenvalue weighted by Crippen LogP contribution is 2.29. The fourth-order valence-corrected chi connectivity index (χ4v) is 1.53. The summed E-state index contributed by atoms with van der Waals surface area (Å²) in [5.74, 6) is -0.593. The first-order valence-corrected chi connectivity index (χ1v) is 5.63. The Hall–Kier alpha value is -1.53. The molecular formula is C11H15F3N2O2. The third-order valence-electron chi connectivity index (χ3n) is 2.46. The van der Waals surface area contributed by atoms with Gasteiger partial charge in [0.1, 0.15) is 6.04 Å². The zero-order valence-electron chi connectivity index (χ0n) is 10.4. The number of aromatic nitrogens is 2. The van der Waals surface area contributed by atoms with Crippen molar-refractivity contribution in [2.75, 3.05) is 6.61 Å². The first kappa shape index (κ1) is 14.5. The van der Waals surface area contributed by atoms with Gasteiger partial charge < -0.3 is 4.74 Å². The zero-order valence-corrected chi connectivity index (χ0v) is 10.4. The van der Waals surface area contributed by atoms with E-state index in [0.717, 1.165) is 10.7 Å². The number of aryl methyl sites for hydroxylation is 1. The maximum atomic E-state index is 12.5. The lowest BCUT2D eigenvalue weighted by Crippen LogP contribution is -2.22. The summed E-state index contributed by atoms with van der Waals surface area (Å²) in [6.07, 6.45) is -4.16. The van der Waals surface area contributed by atoms with Crippen molar-refractivity contribution in [3.8, 4) is 0 Å². The van der Waals surface area contributed by atoms with Gasteiger partial charge >= 0.3 is 12.1 Å². The minimum Gasteiger partial charge on any atom is -0.464 e. The number of ether oxygens (including phenoxy) is 1. The molecule has 0 fully saturated rings. The predicted molar refractivity (Wildman–Crippen MR) is 58.0 cm³/mol. The van der Waals surface area contributed by atoms with Gasteiger partial charge in [0.2, 0.25) is 0 Å². The van der Waals surface area contributed by atoms with Crippen molar-refractivity contribution in [2.24, 2.45) is 0 Å². The number of rotatable bonds is 4. The highest BCUT2D eigenvalue weighted by Gasteiger charge is 2.35. The summed E-state index contributed by atoms with van der Waals surface area (Å²) in [5.41, 5.74) is -0.640. The van der Waals surface area contributed by atoms with Gasteiger partial charge in [0.25, 0.3) is 0 Å². The average Bonchev–Trinajstić information content (AvgIpc) is 2.71. The van der Waals surface area contributed by atoms with Crippen LogP contribution in [0.15, 0.2) is 6.07 Å². The van der Waals surface area contributed by atoms with E-state index in [1.807, 2.05) is 0 Å². The minimum atomic E-state index is -4.51. The van der Waals surface area contributed by atoms with Crippen LogP contribution in [0.3, 0.4) is 0 Å². The number of hydrogen-bond donors (Lipinski definition) is 0. The molecule has 0 aliphatic rings. The first-order valence-electron chi connectivity index (χ1n) is 5.63. The van der Waals surface area contributed by atoms with Crippen molar-refractivity contribution in [2.45, 2.75) is 39.4 Å². The normalized spacial score (nSPS) is 13.4. The number of nitrogens with zero attached hydrogens (tertiary/aromatic N) is 2. The van der Waals surface area contributed by atoms with E-state index in [2.05, 4.69) is 5.10 Å². The summed E-state index contributed by atoms with van der Waals surface area (Å²) in [4.78, 5) is 11.5. The molecule has 1 rings (SSSR count). The Balaban J connectivity index is 3.08. The second kappa shape index (κ2) is 5.41. The van der Waals surface area contributed by atoms with Gasteiger partial charge in [-0.05, 0) is 26.3 Å². The second-order valence-electron chi connectivity index (χ2n) is 3.74. The van der Waals surface area contributed by atoms with Crippen LogP contribution in [-0.4, -0.2) is 22.4 Å². The molecule has 18 heavy (non-hydrogen) atoms. The van der Waals surface area contributed by atoms with E-state index in [1.54, 1.807) is 13.8 Å². The number of alkyl halides is 3. The van der Waals surface area contributed by atoms with Gasteiger partial charge in [-0.1, -0.05) is 6.92 Å². The number of hydrogen-bond acceptors (Lipinski definition) is 3. The van der Waals surface area contributed by atoms with Crippen LogP contribution < -0.4 is 0 Å². The van der Waals surface area contributed by atoms with Gasteiger partial charge in [0.05, 0.1) is 6.61 Å². The van der Waals surface area contributed by atoms with E-state index in [1.165, 1.54) is 6.92 Å². The Morgan fingerprint density at radius 3 is 2.56 bits per heavy atom. The van der Waals surface area contributed by atoms with Gasteiger partial charge in [-0.15, -0.1) is 0 Å². The average molecular weight is 264 g/mol. The molecular weight excluding hydrogens is 249 g/mol. The van der Waals surface area contributed by atoms with Crippen LogP contribution >= 0.6 is 0 Å². The van der Waals surface area contributed by atoms with E-state index in [4.69, 9.17) is 4.74 Å². The fourth-order valence-electron chi connectivity index (χ4n) is 1.53. The van der Waals surface area contributed by atoms with Crippen LogP contribution in [0.1, 0.15) is 38.2 Å². The maximum Gasteiger partial charge on any atom is 0.435 e. The molecule has 1 heterocycles. The van der Waals surface area contributed by atoms with Crippen molar-refractivity contribution in [3.05, 3.63) is 17.5 Å². The molecule has 0 unspecified atom stereocenters. The van der Waals surface area contributed by atoms with Gasteiger partial charge in [-0.3, -0.25) is 4.68 Å². The van der Waals surface area contributed by atoms with Crippen LogP contribution in [0.2, 0.25) is 0 Å². The van der Waals surface area contributed by atoms with Crippen molar-refractivity contribution in [3.63, 3.8) is 0 Å². The molecule has 1 atom stereocenters. The molecule has 0 N–H and O–H groups in total. The van der Waals surface area contributed by atoms with E-state index < -0.39 is 23.9 Å². The lowest BCUT2D eigenvalue weighted by atomic mass is 10.2. The molecule has 0 aliphatic carbocycles. The summed E-state index contributed by atoms with van der Waals surface area (Å²) in [6.45, 7) is 4.98. The summed E-state index contributed by atoms with van der Waals surface area (Å²) in [7, 11) is 0. The molecule has 0 radical (unpaired) electrons. The SMILES string of the molecule is CCOC(=O)[C@H](C)n1nc(C(F)(F)F)cc1CC. The number of esters is 1. The van der Waals surface area contributed by atoms with Crippen molar-refractivity contribution in [1.82, 2.24) is 9.78 Å². The Kier molecular flexibility index (Phi) is 4.37. The van der Waals surface area contributed by atoms with Gasteiger partial charge in [0.15, 0.2) is 5.69 Å². The summed E-state index contributed by atoms with van der Waals surface area (Å²) in [6, 6.07) is 0.0893. The van der Waals surface area contributed by atoms with Crippen LogP contribution in [0.25, 0.3) is 0 Å². The number of carbonyl (C=O) groups is 1. The number of carbonyl (C=O) groups excluding carboxylic acids is 1. The molecule has 0 spiro atoms. The Bertz CT molecular complexity index is 426. The van der Waals surface area contributed by atoms with E-state index >= 15 is 0 Å². The smallest absolute Gasteiger partial charge is 0.435 e. The van der Waals surface area contributed by atoms with Gasteiger partial charge in [-0.25, -0.2) is 4.79 Å². The molecule has 0 saturated carbocycles. The fraction of sp³-hybridized carbons (Fsp3) is 0.636. The van der Waals surface area contributed by atoms with E-state index in [0.29, 0.717) is 12.1 Å². The van der Waals surface area contributed by atoms with Crippen LogP contribution in [0, 0.1) is 0 Å². The third kappa shape index (κ3) is 3.02. The largest absolute Gasteiger partial charge is 0.464 e. The van der Waals surface area contributed by atoms with Crippen molar-refractivity contribution < 1.29 is 22.7 Å². The highest BCUT2D eigenvalue weighted by atomic mass is 19.4. The Labute approximate surface area is 103 Å². The topological polar surface area (TPSA) is 44.1 Å². The maximum absolute atomic E-state index is 12.5. The second-order valence-corrected chi connectivity index (χ2v) is 3.74. The van der Waals surface area contributed by atoms with Crippen LogP contribution in [-0.2, 0) is 22.1 Å². The minimum absolute atomic E-state index is 0.179. The molecule has 0 bridgehead atoms. The summed E-state index contributed by atoms with van der Waals surface area (Å²) < 4.78 is 43.5. The molecule has 102 valence electrons. The highest BCUT2D eigenvalue weighted by molar-refractivity contribution is 5.73. The third-order valence-corrected chi connectivity index (χ3v) is 2.46. The molecule has 4 nitrogen and oxygen atoms in total. The molecule has 0 amide bonds. The monoisotopic (exact) mass is 264 g/mol. The lowest BCUT2D eigenvalue weighted by Gasteiger charge is -2.13. The quantitative estimate of drug-likeness (QED) is 0.785. The van der Waals surface area contributed by atoms with Crippen molar-refractivity contribution >= 4 is 5.97 Å². The predicted octanol–water partition coefficient (Wildman–Crippen LogP) is 2.59. The molecule has 1 aromatic heterocycles. The van der Waals surface area contributed by atoms with Crippen LogP contribution in [0.5, 0.6) is 0 Å².